The molecule has 0 radical (unpaired) electrons. The smallest absolute Gasteiger partial charge is 0.221 e. The second kappa shape index (κ2) is 12.4. The lowest BCUT2D eigenvalue weighted by Crippen LogP contribution is -2.54. The van der Waals surface area contributed by atoms with Crippen molar-refractivity contribution in [2.75, 3.05) is 4.90 Å². The van der Waals surface area contributed by atoms with Crippen molar-refractivity contribution in [3.05, 3.63) is 123 Å². The van der Waals surface area contributed by atoms with E-state index in [1.807, 2.05) is 32.2 Å². The molecule has 0 saturated heterocycles. The lowest BCUT2D eigenvalue weighted by atomic mass is 9.66. The Hall–Kier alpha value is -5.17. The van der Waals surface area contributed by atoms with Crippen molar-refractivity contribution in [1.82, 2.24) is 9.97 Å². The number of hydrogen-bond donors (Lipinski definition) is 0. The summed E-state index contributed by atoms with van der Waals surface area (Å²) in [6.45, 7) is 30.8. The Balaban J connectivity index is 1.22. The SMILES string of the molecule is Cc1cnc2c(c1)Oc1cc(C(C)(C)C)ccc1N2c1cc(C)nc(Oc2cc(C3=N[C@]4(C)c5cc(C)c(C)cc5C[C@]4(C(C)(C)C)O3)cc(C(C)(C)C)c2)c1. The van der Waals surface area contributed by atoms with Crippen LogP contribution in [0.3, 0.4) is 0 Å². The zero-order valence-electron chi connectivity index (χ0n) is 35.6. The summed E-state index contributed by atoms with van der Waals surface area (Å²) in [5.74, 6) is 4.02. The summed E-state index contributed by atoms with van der Waals surface area (Å²) in [5.41, 5.74) is 10.5. The van der Waals surface area contributed by atoms with E-state index in [1.165, 1.54) is 27.8 Å². The van der Waals surface area contributed by atoms with Gasteiger partial charge in [-0.2, -0.15) is 0 Å². The van der Waals surface area contributed by atoms with Gasteiger partial charge in [0.2, 0.25) is 11.8 Å². The van der Waals surface area contributed by atoms with Gasteiger partial charge < -0.3 is 14.2 Å². The van der Waals surface area contributed by atoms with Crippen LogP contribution < -0.4 is 14.4 Å². The van der Waals surface area contributed by atoms with E-state index in [0.717, 1.165) is 51.7 Å². The molecule has 2 aliphatic heterocycles. The fourth-order valence-electron chi connectivity index (χ4n) is 8.74. The predicted molar refractivity (Wildman–Crippen MR) is 227 cm³/mol. The van der Waals surface area contributed by atoms with Gasteiger partial charge in [-0.05, 0) is 127 Å². The highest BCUT2D eigenvalue weighted by Crippen LogP contribution is 2.60. The third-order valence-corrected chi connectivity index (χ3v) is 12.2. The van der Waals surface area contributed by atoms with Gasteiger partial charge in [0.1, 0.15) is 16.9 Å². The van der Waals surface area contributed by atoms with Crippen molar-refractivity contribution >= 4 is 23.1 Å². The molecule has 0 saturated carbocycles. The lowest BCUT2D eigenvalue weighted by Gasteiger charge is -2.45. The van der Waals surface area contributed by atoms with E-state index >= 15 is 0 Å². The van der Waals surface area contributed by atoms with Gasteiger partial charge in [0.25, 0.3) is 0 Å². The molecule has 8 rings (SSSR count). The number of anilines is 3. The van der Waals surface area contributed by atoms with E-state index in [4.69, 9.17) is 29.2 Å². The number of pyridine rings is 2. The molecule has 0 N–H and O–H groups in total. The first-order valence-corrected chi connectivity index (χ1v) is 19.9. The Bertz CT molecular complexity index is 2460. The number of aryl methyl sites for hydroxylation is 4. The zero-order chi connectivity index (χ0) is 40.3. The number of hydrogen-bond acceptors (Lipinski definition) is 7. The first kappa shape index (κ1) is 37.7. The first-order valence-electron chi connectivity index (χ1n) is 19.9. The van der Waals surface area contributed by atoms with Crippen LogP contribution in [0.15, 0.2) is 77.9 Å². The Kier molecular flexibility index (Phi) is 8.37. The van der Waals surface area contributed by atoms with Crippen molar-refractivity contribution in [2.24, 2.45) is 10.4 Å². The molecule has 7 nitrogen and oxygen atoms in total. The van der Waals surface area contributed by atoms with E-state index in [1.54, 1.807) is 0 Å². The van der Waals surface area contributed by atoms with Crippen LogP contribution >= 0.6 is 0 Å². The summed E-state index contributed by atoms with van der Waals surface area (Å²) >= 11 is 0. The minimum Gasteiger partial charge on any atom is -0.467 e. The molecule has 3 aliphatic rings. The van der Waals surface area contributed by atoms with Crippen LogP contribution in [0.2, 0.25) is 0 Å². The maximum absolute atomic E-state index is 7.24. The predicted octanol–water partition coefficient (Wildman–Crippen LogP) is 12.7. The highest BCUT2D eigenvalue weighted by molar-refractivity contribution is 5.97. The van der Waals surface area contributed by atoms with Gasteiger partial charge in [-0.1, -0.05) is 80.5 Å². The van der Waals surface area contributed by atoms with Crippen molar-refractivity contribution in [3.8, 4) is 23.1 Å². The Morgan fingerprint density at radius 2 is 1.46 bits per heavy atom. The Labute approximate surface area is 333 Å². The van der Waals surface area contributed by atoms with Crippen LogP contribution in [0.4, 0.5) is 17.2 Å². The second-order valence-electron chi connectivity index (χ2n) is 19.5. The topological polar surface area (TPSA) is 69.1 Å². The normalized spacial score (nSPS) is 20.0. The lowest BCUT2D eigenvalue weighted by molar-refractivity contribution is -0.0673. The molecule has 2 aromatic heterocycles. The molecule has 56 heavy (non-hydrogen) atoms. The van der Waals surface area contributed by atoms with Gasteiger partial charge in [-0.3, -0.25) is 4.90 Å². The molecule has 2 atom stereocenters. The summed E-state index contributed by atoms with van der Waals surface area (Å²) in [6.07, 6.45) is 2.68. The summed E-state index contributed by atoms with van der Waals surface area (Å²) < 4.78 is 20.5. The fraction of sp³-hybridized carbons (Fsp3) is 0.408. The molecule has 0 amide bonds. The maximum atomic E-state index is 7.24. The quantitative estimate of drug-likeness (QED) is 0.179. The molecule has 0 fully saturated rings. The van der Waals surface area contributed by atoms with Crippen molar-refractivity contribution in [3.63, 3.8) is 0 Å². The highest BCUT2D eigenvalue weighted by atomic mass is 16.5. The van der Waals surface area contributed by atoms with Crippen LogP contribution in [-0.4, -0.2) is 21.5 Å². The summed E-state index contributed by atoms with van der Waals surface area (Å²) in [4.78, 5) is 17.4. The minimum absolute atomic E-state index is 0.0371. The standard InChI is InChI=1S/C49H56N4O3/c1-28-17-41-43(50-27-28)53(39-16-15-34(45(5,6)7)24-40(39)55-41)36-20-31(4)51-42(25-36)54-37-22-32(21-35(23-37)46(8,9)10)44-52-48(14)38-19-30(3)29(2)18-33(38)26-49(48,56-44)47(11,12)13/h15-25,27H,26H2,1-14H3/t48-,49-/m1/s1. The third kappa shape index (κ3) is 6.05. The molecule has 3 aromatic carbocycles. The average molecular weight is 749 g/mol. The van der Waals surface area contributed by atoms with E-state index in [-0.39, 0.29) is 16.2 Å². The van der Waals surface area contributed by atoms with Crippen molar-refractivity contribution in [1.29, 1.82) is 0 Å². The zero-order valence-corrected chi connectivity index (χ0v) is 35.6. The Morgan fingerprint density at radius 3 is 2.16 bits per heavy atom. The average Bonchev–Trinajstić information content (AvgIpc) is 3.52. The summed E-state index contributed by atoms with van der Waals surface area (Å²) in [6, 6.07) is 23.6. The van der Waals surface area contributed by atoms with Gasteiger partial charge in [0.15, 0.2) is 17.3 Å². The number of aliphatic imine (C=N–C) groups is 1. The van der Waals surface area contributed by atoms with Crippen LogP contribution in [0.5, 0.6) is 23.1 Å². The first-order chi connectivity index (χ1) is 26.1. The number of ether oxygens (including phenoxy) is 3. The molecule has 0 spiro atoms. The monoisotopic (exact) mass is 748 g/mol. The van der Waals surface area contributed by atoms with Gasteiger partial charge >= 0.3 is 0 Å². The van der Waals surface area contributed by atoms with Crippen molar-refractivity contribution < 1.29 is 14.2 Å². The van der Waals surface area contributed by atoms with E-state index in [0.29, 0.717) is 23.3 Å². The number of rotatable bonds is 4. The van der Waals surface area contributed by atoms with Crippen molar-refractivity contribution in [2.45, 2.75) is 125 Å². The number of nitrogens with zero attached hydrogens (tertiary/aromatic N) is 4. The second-order valence-corrected chi connectivity index (χ2v) is 19.5. The largest absolute Gasteiger partial charge is 0.467 e. The van der Waals surface area contributed by atoms with Gasteiger partial charge in [-0.15, -0.1) is 0 Å². The van der Waals surface area contributed by atoms with E-state index < -0.39 is 11.1 Å². The fourth-order valence-corrected chi connectivity index (χ4v) is 8.74. The maximum Gasteiger partial charge on any atom is 0.221 e. The molecule has 4 heterocycles. The van der Waals surface area contributed by atoms with Crippen LogP contribution in [-0.2, 0) is 27.5 Å². The van der Waals surface area contributed by atoms with Gasteiger partial charge in [-0.25, -0.2) is 15.0 Å². The number of fused-ring (bicyclic) bond motifs is 5. The number of aromatic nitrogens is 2. The van der Waals surface area contributed by atoms with Gasteiger partial charge in [0.05, 0.1) is 11.4 Å². The molecular weight excluding hydrogens is 693 g/mol. The van der Waals surface area contributed by atoms with Crippen LogP contribution in [0.25, 0.3) is 0 Å². The van der Waals surface area contributed by atoms with E-state index in [9.17, 15) is 0 Å². The third-order valence-electron chi connectivity index (χ3n) is 12.2. The Morgan fingerprint density at radius 1 is 0.750 bits per heavy atom. The summed E-state index contributed by atoms with van der Waals surface area (Å²) in [7, 11) is 0. The molecule has 1 aliphatic carbocycles. The molecular formula is C49H56N4O3. The van der Waals surface area contributed by atoms with Gasteiger partial charge in [0, 0.05) is 35.4 Å². The molecule has 7 heteroatoms. The molecule has 290 valence electrons. The van der Waals surface area contributed by atoms with Crippen LogP contribution in [0.1, 0.15) is 119 Å². The molecule has 0 unspecified atom stereocenters. The van der Waals surface area contributed by atoms with E-state index in [2.05, 4.69) is 143 Å². The van der Waals surface area contributed by atoms with Crippen LogP contribution in [0, 0.1) is 33.1 Å². The highest BCUT2D eigenvalue weighted by Gasteiger charge is 2.66. The number of benzene rings is 3. The molecule has 5 aromatic rings. The summed E-state index contributed by atoms with van der Waals surface area (Å²) in [5, 5.41) is 0. The molecule has 0 bridgehead atoms. The minimum atomic E-state index is -0.551.